The molecule has 0 fully saturated rings. The Kier molecular flexibility index (Phi) is 3.31. The molecular weight excluding hydrogens is 282 g/mol. The number of terminal acetylenes is 1. The van der Waals surface area contributed by atoms with Crippen molar-refractivity contribution in [3.8, 4) is 35.8 Å². The summed E-state index contributed by atoms with van der Waals surface area (Å²) in [5.74, 6) is 1.15. The van der Waals surface area contributed by atoms with Crippen LogP contribution in [0.25, 0.3) is 16.7 Å². The lowest BCUT2D eigenvalue weighted by molar-refractivity contribution is 0.174. The third kappa shape index (κ3) is 2.19. The highest BCUT2D eigenvalue weighted by Gasteiger charge is 2.19. The summed E-state index contributed by atoms with van der Waals surface area (Å²) < 4.78 is 10.5. The maximum Gasteiger partial charge on any atom is 0.231 e. The molecule has 6 heteroatoms. The van der Waals surface area contributed by atoms with E-state index in [0.29, 0.717) is 17.2 Å². The molecule has 0 atom stereocenters. The van der Waals surface area contributed by atoms with Gasteiger partial charge in [-0.3, -0.25) is 0 Å². The van der Waals surface area contributed by atoms with Crippen molar-refractivity contribution < 1.29 is 14.6 Å². The molecule has 2 heterocycles. The first-order valence-corrected chi connectivity index (χ1v) is 6.51. The van der Waals surface area contributed by atoms with E-state index in [-0.39, 0.29) is 12.5 Å². The second-order valence-corrected chi connectivity index (χ2v) is 4.68. The van der Waals surface area contributed by atoms with Gasteiger partial charge in [0.05, 0.1) is 0 Å². The number of phenols is 1. The smallest absolute Gasteiger partial charge is 0.231 e. The van der Waals surface area contributed by atoms with E-state index in [1.807, 2.05) is 25.1 Å². The van der Waals surface area contributed by atoms with Gasteiger partial charge in [-0.25, -0.2) is 0 Å². The maximum absolute atomic E-state index is 10.1. The number of aromatic nitrogens is 3. The number of rotatable bonds is 1. The van der Waals surface area contributed by atoms with Crippen LogP contribution < -0.4 is 9.47 Å². The second kappa shape index (κ2) is 5.30. The summed E-state index contributed by atoms with van der Waals surface area (Å²) in [6, 6.07) is 9.00. The van der Waals surface area contributed by atoms with E-state index in [9.17, 15) is 5.11 Å². The molecule has 0 radical (unpaired) electrons. The van der Waals surface area contributed by atoms with E-state index in [0.717, 1.165) is 16.6 Å². The van der Waals surface area contributed by atoms with Gasteiger partial charge < -0.3 is 14.6 Å². The molecule has 0 saturated carbocycles. The standard InChI is InChI=1S/C14H11N3O3.C2H2/c1-8-2-3-9-10(4-8)16-17(15-9)11-5-13-14(6-12(11)18)20-7-19-13;1-2/h2-6,18H,7H2,1H3;1-2H. The van der Waals surface area contributed by atoms with Crippen molar-refractivity contribution in [1.82, 2.24) is 15.0 Å². The Morgan fingerprint density at radius 1 is 1.05 bits per heavy atom. The first kappa shape index (κ1) is 13.8. The van der Waals surface area contributed by atoms with Crippen molar-refractivity contribution in [2.75, 3.05) is 6.79 Å². The Hall–Kier alpha value is -3.20. The number of aromatic hydroxyl groups is 1. The van der Waals surface area contributed by atoms with Crippen LogP contribution in [0.4, 0.5) is 0 Å². The van der Waals surface area contributed by atoms with Crippen LogP contribution in [-0.4, -0.2) is 26.9 Å². The number of aryl methyl sites for hydroxylation is 1. The van der Waals surface area contributed by atoms with Crippen LogP contribution in [0.2, 0.25) is 0 Å². The number of phenolic OH excluding ortho intramolecular Hbond substituents is 1. The van der Waals surface area contributed by atoms with Gasteiger partial charge in [-0.05, 0) is 24.6 Å². The van der Waals surface area contributed by atoms with Crippen molar-refractivity contribution in [2.24, 2.45) is 0 Å². The molecular formula is C16H13N3O3. The van der Waals surface area contributed by atoms with Crippen LogP contribution in [0.5, 0.6) is 17.2 Å². The number of benzene rings is 2. The molecule has 0 saturated heterocycles. The highest BCUT2D eigenvalue weighted by Crippen LogP contribution is 2.38. The molecule has 0 unspecified atom stereocenters. The van der Waals surface area contributed by atoms with Gasteiger partial charge >= 0.3 is 0 Å². The fourth-order valence-electron chi connectivity index (χ4n) is 2.21. The predicted octanol–water partition coefficient (Wildman–Crippen LogP) is 2.41. The van der Waals surface area contributed by atoms with Crippen LogP contribution >= 0.6 is 0 Å². The molecule has 1 aliphatic rings. The zero-order valence-corrected chi connectivity index (χ0v) is 11.9. The van der Waals surface area contributed by atoms with Crippen molar-refractivity contribution in [1.29, 1.82) is 0 Å². The van der Waals surface area contributed by atoms with Crippen LogP contribution in [0.1, 0.15) is 5.56 Å². The minimum Gasteiger partial charge on any atom is -0.505 e. The summed E-state index contributed by atoms with van der Waals surface area (Å²) in [4.78, 5) is 1.40. The molecule has 6 nitrogen and oxygen atoms in total. The Bertz CT molecular complexity index is 868. The Labute approximate surface area is 126 Å². The van der Waals surface area contributed by atoms with Gasteiger partial charge in [-0.15, -0.1) is 27.8 Å². The van der Waals surface area contributed by atoms with Crippen LogP contribution in [0.15, 0.2) is 30.3 Å². The zero-order valence-electron chi connectivity index (χ0n) is 11.9. The lowest BCUT2D eigenvalue weighted by Crippen LogP contribution is -1.99. The predicted molar refractivity (Wildman–Crippen MR) is 81.3 cm³/mol. The SMILES string of the molecule is C#C.Cc1ccc2nn(-c3cc4c(cc3O)OCO4)nc2c1. The second-order valence-electron chi connectivity index (χ2n) is 4.68. The lowest BCUT2D eigenvalue weighted by atomic mass is 10.2. The molecule has 0 spiro atoms. The minimum absolute atomic E-state index is 0.0475. The average molecular weight is 295 g/mol. The maximum atomic E-state index is 10.1. The Morgan fingerprint density at radius 3 is 2.50 bits per heavy atom. The zero-order chi connectivity index (χ0) is 15.7. The largest absolute Gasteiger partial charge is 0.505 e. The van der Waals surface area contributed by atoms with Crippen molar-refractivity contribution in [3.63, 3.8) is 0 Å². The van der Waals surface area contributed by atoms with E-state index in [2.05, 4.69) is 23.0 Å². The monoisotopic (exact) mass is 295 g/mol. The quantitative estimate of drug-likeness (QED) is 0.698. The van der Waals surface area contributed by atoms with Gasteiger partial charge in [0.15, 0.2) is 11.5 Å². The number of fused-ring (bicyclic) bond motifs is 2. The highest BCUT2D eigenvalue weighted by atomic mass is 16.7. The van der Waals surface area contributed by atoms with Gasteiger partial charge in [0.25, 0.3) is 0 Å². The molecule has 22 heavy (non-hydrogen) atoms. The van der Waals surface area contributed by atoms with E-state index in [1.54, 1.807) is 6.07 Å². The summed E-state index contributed by atoms with van der Waals surface area (Å²) in [6.07, 6.45) is 8.00. The molecule has 4 rings (SSSR count). The van der Waals surface area contributed by atoms with E-state index < -0.39 is 0 Å². The third-order valence-electron chi connectivity index (χ3n) is 3.22. The van der Waals surface area contributed by atoms with Crippen LogP contribution in [0, 0.1) is 19.8 Å². The average Bonchev–Trinajstić information content (AvgIpc) is 3.13. The molecule has 1 N–H and O–H groups in total. The first-order valence-electron chi connectivity index (χ1n) is 6.51. The topological polar surface area (TPSA) is 69.4 Å². The summed E-state index contributed by atoms with van der Waals surface area (Å²) in [5, 5.41) is 18.8. The van der Waals surface area contributed by atoms with Crippen LogP contribution in [-0.2, 0) is 0 Å². The Morgan fingerprint density at radius 2 is 1.73 bits per heavy atom. The normalized spacial score (nSPS) is 12.0. The molecule has 110 valence electrons. The van der Waals surface area contributed by atoms with Gasteiger partial charge in [0, 0.05) is 12.1 Å². The van der Waals surface area contributed by atoms with Gasteiger partial charge in [0.2, 0.25) is 6.79 Å². The lowest BCUT2D eigenvalue weighted by Gasteiger charge is -2.04. The summed E-state index contributed by atoms with van der Waals surface area (Å²) in [7, 11) is 0. The number of hydrogen-bond acceptors (Lipinski definition) is 5. The van der Waals surface area contributed by atoms with Gasteiger partial charge in [-0.2, -0.15) is 0 Å². The summed E-state index contributed by atoms with van der Waals surface area (Å²) in [6.45, 7) is 2.16. The van der Waals surface area contributed by atoms with Gasteiger partial charge in [0.1, 0.15) is 22.5 Å². The van der Waals surface area contributed by atoms with Crippen molar-refractivity contribution in [3.05, 3.63) is 35.9 Å². The molecule has 0 amide bonds. The molecule has 3 aromatic rings. The Balaban J connectivity index is 0.000000693. The number of nitrogens with zero attached hydrogens (tertiary/aromatic N) is 3. The van der Waals surface area contributed by atoms with Gasteiger partial charge in [-0.1, -0.05) is 6.07 Å². The number of ether oxygens (including phenoxy) is 2. The summed E-state index contributed by atoms with van der Waals surface area (Å²) in [5.41, 5.74) is 3.12. The minimum atomic E-state index is 0.0475. The van der Waals surface area contributed by atoms with E-state index in [4.69, 9.17) is 9.47 Å². The van der Waals surface area contributed by atoms with E-state index >= 15 is 0 Å². The molecule has 2 aromatic carbocycles. The first-order chi connectivity index (χ1) is 10.7. The fourth-order valence-corrected chi connectivity index (χ4v) is 2.21. The highest BCUT2D eigenvalue weighted by molar-refractivity contribution is 5.75. The summed E-state index contributed by atoms with van der Waals surface area (Å²) >= 11 is 0. The molecule has 1 aromatic heterocycles. The van der Waals surface area contributed by atoms with Crippen LogP contribution in [0.3, 0.4) is 0 Å². The fraction of sp³-hybridized carbons (Fsp3) is 0.125. The number of hydrogen-bond donors (Lipinski definition) is 1. The molecule has 1 aliphatic heterocycles. The van der Waals surface area contributed by atoms with E-state index in [1.165, 1.54) is 10.9 Å². The molecule has 0 aliphatic carbocycles. The molecule has 0 bridgehead atoms. The third-order valence-corrected chi connectivity index (χ3v) is 3.22. The van der Waals surface area contributed by atoms with Crippen molar-refractivity contribution >= 4 is 11.0 Å². The van der Waals surface area contributed by atoms with Crippen molar-refractivity contribution in [2.45, 2.75) is 6.92 Å².